The molecule has 1 N–H and O–H groups in total. The van der Waals surface area contributed by atoms with Gasteiger partial charge in [0, 0.05) is 21.6 Å². The quantitative estimate of drug-likeness (QED) is 0.796. The van der Waals surface area contributed by atoms with Crippen LogP contribution in [-0.4, -0.2) is 16.3 Å². The van der Waals surface area contributed by atoms with E-state index < -0.39 is 12.1 Å². The Morgan fingerprint density at radius 3 is 2.81 bits per heavy atom. The van der Waals surface area contributed by atoms with Crippen molar-refractivity contribution < 1.29 is 17.9 Å². The Balaban J connectivity index is 1.77. The highest BCUT2D eigenvalue weighted by Gasteiger charge is 2.37. The summed E-state index contributed by atoms with van der Waals surface area (Å²) >= 11 is 1.37. The summed E-state index contributed by atoms with van der Waals surface area (Å²) in [6, 6.07) is 4.41. The predicted molar refractivity (Wildman–Crippen MR) is 92.1 cm³/mol. The molecule has 4 nitrogen and oxygen atoms in total. The third-order valence-electron chi connectivity index (χ3n) is 4.63. The summed E-state index contributed by atoms with van der Waals surface area (Å²) in [5.74, 6) is -0.243. The van der Waals surface area contributed by atoms with Crippen LogP contribution in [0.1, 0.15) is 37.1 Å². The number of hydrogen-bond donors (Lipinski definition) is 1. The molecule has 2 aromatic rings. The molecule has 1 aliphatic carbocycles. The minimum absolute atomic E-state index is 0.178. The Morgan fingerprint density at radius 2 is 2.08 bits per heavy atom. The van der Waals surface area contributed by atoms with Gasteiger partial charge in [-0.05, 0) is 41.5 Å². The van der Waals surface area contributed by atoms with Crippen molar-refractivity contribution in [1.29, 1.82) is 0 Å². The molecule has 0 radical (unpaired) electrons. The number of allylic oxidation sites excluding steroid dienone is 1. The number of thioether (sulfide) groups is 1. The topological polar surface area (TPSA) is 55.0 Å². The number of benzene rings is 1. The van der Waals surface area contributed by atoms with E-state index in [0.29, 0.717) is 17.0 Å². The van der Waals surface area contributed by atoms with Crippen molar-refractivity contribution in [3.63, 3.8) is 0 Å². The summed E-state index contributed by atoms with van der Waals surface area (Å²) in [6.45, 7) is 4.19. The lowest BCUT2D eigenvalue weighted by atomic mass is 9.73. The van der Waals surface area contributed by atoms with Crippen molar-refractivity contribution in [2.45, 2.75) is 43.4 Å². The number of alkyl halides is 3. The van der Waals surface area contributed by atoms with E-state index in [1.807, 2.05) is 0 Å². The third kappa shape index (κ3) is 3.02. The molecule has 136 valence electrons. The summed E-state index contributed by atoms with van der Waals surface area (Å²) < 4.78 is 41.5. The van der Waals surface area contributed by atoms with E-state index in [2.05, 4.69) is 28.6 Å². The summed E-state index contributed by atoms with van der Waals surface area (Å²) in [4.78, 5) is 20.0. The van der Waals surface area contributed by atoms with Crippen LogP contribution < -0.4 is 10.4 Å². The maximum Gasteiger partial charge on any atom is 0.573 e. The summed E-state index contributed by atoms with van der Waals surface area (Å²) in [6.07, 6.45) is -1.69. The lowest BCUT2D eigenvalue weighted by Crippen LogP contribution is -2.29. The van der Waals surface area contributed by atoms with Crippen LogP contribution >= 0.6 is 11.8 Å². The van der Waals surface area contributed by atoms with E-state index in [0.717, 1.165) is 22.5 Å². The molecule has 0 unspecified atom stereocenters. The molecule has 26 heavy (non-hydrogen) atoms. The third-order valence-corrected chi connectivity index (χ3v) is 5.93. The van der Waals surface area contributed by atoms with Crippen molar-refractivity contribution in [1.82, 2.24) is 9.97 Å². The summed E-state index contributed by atoms with van der Waals surface area (Å²) in [7, 11) is 0. The smallest absolute Gasteiger partial charge is 0.406 e. The molecule has 1 aromatic carbocycles. The molecule has 4 rings (SSSR count). The molecule has 0 atom stereocenters. The fourth-order valence-corrected chi connectivity index (χ4v) is 4.77. The monoisotopic (exact) mass is 380 g/mol. The lowest BCUT2D eigenvalue weighted by Gasteiger charge is -2.36. The summed E-state index contributed by atoms with van der Waals surface area (Å²) in [5, 5.41) is 0. The molecular formula is C18H15F3N2O2S. The molecular weight excluding hydrogens is 365 g/mol. The van der Waals surface area contributed by atoms with Crippen molar-refractivity contribution >= 4 is 16.7 Å². The molecule has 0 bridgehead atoms. The first-order chi connectivity index (χ1) is 12.1. The maximum absolute atomic E-state index is 12.5. The zero-order chi connectivity index (χ0) is 18.7. The Labute approximate surface area is 151 Å². The zero-order valence-corrected chi connectivity index (χ0v) is 14.8. The predicted octanol–water partition coefficient (Wildman–Crippen LogP) is 4.41. The van der Waals surface area contributed by atoms with Gasteiger partial charge in [-0.1, -0.05) is 31.7 Å². The number of halogens is 3. The van der Waals surface area contributed by atoms with E-state index in [1.165, 1.54) is 29.5 Å². The fourth-order valence-electron chi connectivity index (χ4n) is 3.55. The van der Waals surface area contributed by atoms with Crippen molar-refractivity contribution in [2.75, 3.05) is 0 Å². The van der Waals surface area contributed by atoms with Gasteiger partial charge in [-0.25, -0.2) is 9.78 Å². The number of nitrogens with one attached hydrogen (secondary N) is 1. The number of aromatic amines is 1. The van der Waals surface area contributed by atoms with Gasteiger partial charge in [0.05, 0.1) is 5.69 Å². The molecule has 0 amide bonds. The number of hydrogen-bond acceptors (Lipinski definition) is 4. The first kappa shape index (κ1) is 17.2. The summed E-state index contributed by atoms with van der Waals surface area (Å²) in [5.41, 5.74) is 3.17. The van der Waals surface area contributed by atoms with E-state index >= 15 is 0 Å². The van der Waals surface area contributed by atoms with Gasteiger partial charge in [-0.3, -0.25) is 0 Å². The first-order valence-corrected chi connectivity index (χ1v) is 8.83. The van der Waals surface area contributed by atoms with E-state index in [1.54, 1.807) is 12.3 Å². The van der Waals surface area contributed by atoms with Crippen LogP contribution in [0.3, 0.4) is 0 Å². The molecule has 1 aromatic heterocycles. The second-order valence-electron chi connectivity index (χ2n) is 7.07. The second kappa shape index (κ2) is 5.64. The Morgan fingerprint density at radius 1 is 1.31 bits per heavy atom. The standard InChI is InChI=1S/C18H15F3N2O2S/c1-17(2)7-10-5-9-3-4-11(25-18(19,20)21)6-13(9)26-15(10)14-12(17)8-22-16(24)23-14/h3-4,6,8H,5,7H2,1-2H3,(H,22,23,24). The molecule has 0 spiro atoms. The van der Waals surface area contributed by atoms with Crippen LogP contribution in [-0.2, 0) is 11.8 Å². The molecule has 0 saturated carbocycles. The van der Waals surface area contributed by atoms with Crippen LogP contribution in [0.4, 0.5) is 13.2 Å². The van der Waals surface area contributed by atoms with Gasteiger partial charge >= 0.3 is 12.1 Å². The maximum atomic E-state index is 12.5. The SMILES string of the molecule is CC1(C)CC2=C(Sc3cc(OC(F)(F)F)ccc3C2)c2[nH]c(=O)ncc21. The average Bonchev–Trinajstić information content (AvgIpc) is 2.51. The molecule has 0 fully saturated rings. The van der Waals surface area contributed by atoms with Crippen molar-refractivity contribution in [3.05, 3.63) is 57.3 Å². The number of ether oxygens (including phenoxy) is 1. The number of aromatic nitrogens is 2. The van der Waals surface area contributed by atoms with Crippen LogP contribution in [0.5, 0.6) is 5.75 Å². The van der Waals surface area contributed by atoms with Crippen LogP contribution in [0, 0.1) is 0 Å². The van der Waals surface area contributed by atoms with Gasteiger partial charge in [0.1, 0.15) is 5.75 Å². The van der Waals surface area contributed by atoms with Gasteiger partial charge in [-0.15, -0.1) is 13.2 Å². The average molecular weight is 380 g/mol. The van der Waals surface area contributed by atoms with E-state index in [9.17, 15) is 18.0 Å². The number of rotatable bonds is 1. The van der Waals surface area contributed by atoms with Crippen LogP contribution in [0.15, 0.2) is 39.7 Å². The lowest BCUT2D eigenvalue weighted by molar-refractivity contribution is -0.274. The second-order valence-corrected chi connectivity index (χ2v) is 8.12. The minimum atomic E-state index is -4.73. The number of nitrogens with zero attached hydrogens (tertiary/aromatic N) is 1. The Hall–Kier alpha value is -2.22. The highest BCUT2D eigenvalue weighted by Crippen LogP contribution is 2.52. The van der Waals surface area contributed by atoms with Crippen LogP contribution in [0.25, 0.3) is 4.91 Å². The van der Waals surface area contributed by atoms with Gasteiger partial charge in [-0.2, -0.15) is 0 Å². The molecule has 8 heteroatoms. The highest BCUT2D eigenvalue weighted by atomic mass is 32.2. The Bertz CT molecular complexity index is 993. The van der Waals surface area contributed by atoms with Crippen molar-refractivity contribution in [3.8, 4) is 5.75 Å². The molecule has 1 aliphatic heterocycles. The normalized spacial score (nSPS) is 18.0. The van der Waals surface area contributed by atoms with Gasteiger partial charge in [0.2, 0.25) is 0 Å². The highest BCUT2D eigenvalue weighted by molar-refractivity contribution is 8.08. The number of H-pyrrole nitrogens is 1. The van der Waals surface area contributed by atoms with E-state index in [-0.39, 0.29) is 11.2 Å². The zero-order valence-electron chi connectivity index (χ0n) is 14.0. The van der Waals surface area contributed by atoms with Crippen molar-refractivity contribution in [2.24, 2.45) is 0 Å². The molecule has 0 saturated heterocycles. The van der Waals surface area contributed by atoms with E-state index in [4.69, 9.17) is 0 Å². The van der Waals surface area contributed by atoms with Gasteiger partial charge in [0.15, 0.2) is 0 Å². The van der Waals surface area contributed by atoms with Gasteiger partial charge < -0.3 is 9.72 Å². The minimum Gasteiger partial charge on any atom is -0.406 e. The van der Waals surface area contributed by atoms with Gasteiger partial charge in [0.25, 0.3) is 0 Å². The largest absolute Gasteiger partial charge is 0.573 e. The van der Waals surface area contributed by atoms with Crippen LogP contribution in [0.2, 0.25) is 0 Å². The molecule has 2 heterocycles. The fraction of sp³-hybridized carbons (Fsp3) is 0.333. The number of fused-ring (bicyclic) bond motifs is 3. The Kier molecular flexibility index (Phi) is 3.73. The molecule has 2 aliphatic rings. The first-order valence-electron chi connectivity index (χ1n) is 8.01.